The minimum atomic E-state index is 0. The van der Waals surface area contributed by atoms with Gasteiger partial charge in [0.15, 0.2) is 5.22 Å². The van der Waals surface area contributed by atoms with E-state index in [2.05, 4.69) is 15.5 Å². The lowest BCUT2D eigenvalue weighted by molar-refractivity contribution is 0.479. The van der Waals surface area contributed by atoms with E-state index < -0.39 is 0 Å². The fourth-order valence-electron chi connectivity index (χ4n) is 1.35. The van der Waals surface area contributed by atoms with Gasteiger partial charge in [0.1, 0.15) is 17.4 Å². The van der Waals surface area contributed by atoms with Crippen LogP contribution >= 0.6 is 24.0 Å². The highest BCUT2D eigenvalue weighted by atomic mass is 35.5. The summed E-state index contributed by atoms with van der Waals surface area (Å²) in [6.45, 7) is 3.19. The summed E-state index contributed by atoms with van der Waals surface area (Å²) in [7, 11) is 1.94. The van der Waals surface area contributed by atoms with E-state index in [0.717, 1.165) is 17.4 Å². The predicted molar refractivity (Wildman–Crippen MR) is 67.2 cm³/mol. The van der Waals surface area contributed by atoms with Crippen LogP contribution in [-0.2, 0) is 20.1 Å². The predicted octanol–water partition coefficient (Wildman–Crippen LogP) is 2.08. The fourth-order valence-corrected chi connectivity index (χ4v) is 1.51. The standard InChI is InChI=1S/C10H13ClN4O.ClH/c1-7-13-14-10(15(7)2)6-12-5-8-3-4-9(11)16-8;/h3-4,12H,5-6H2,1-2H3;1H. The summed E-state index contributed by atoms with van der Waals surface area (Å²) in [6, 6.07) is 3.57. The Hall–Kier alpha value is -1.04. The molecule has 0 aromatic carbocycles. The van der Waals surface area contributed by atoms with Crippen LogP contribution < -0.4 is 5.32 Å². The highest BCUT2D eigenvalue weighted by molar-refractivity contribution is 6.28. The molecule has 0 aliphatic heterocycles. The topological polar surface area (TPSA) is 55.9 Å². The van der Waals surface area contributed by atoms with Crippen LogP contribution in [0.1, 0.15) is 17.4 Å². The van der Waals surface area contributed by atoms with Gasteiger partial charge >= 0.3 is 0 Å². The van der Waals surface area contributed by atoms with E-state index >= 15 is 0 Å². The molecule has 0 saturated heterocycles. The molecule has 0 aliphatic carbocycles. The van der Waals surface area contributed by atoms with Gasteiger partial charge in [-0.3, -0.25) is 0 Å². The Labute approximate surface area is 111 Å². The Morgan fingerprint density at radius 3 is 2.65 bits per heavy atom. The van der Waals surface area contributed by atoms with E-state index in [1.165, 1.54) is 0 Å². The second kappa shape index (κ2) is 6.05. The third-order valence-corrected chi connectivity index (χ3v) is 2.60. The zero-order valence-electron chi connectivity index (χ0n) is 9.61. The van der Waals surface area contributed by atoms with Crippen molar-refractivity contribution >= 4 is 24.0 Å². The van der Waals surface area contributed by atoms with Crippen LogP contribution in [0.25, 0.3) is 0 Å². The summed E-state index contributed by atoms with van der Waals surface area (Å²) in [6.07, 6.45) is 0. The van der Waals surface area contributed by atoms with Crippen LogP contribution in [0.2, 0.25) is 5.22 Å². The summed E-state index contributed by atoms with van der Waals surface area (Å²) in [5, 5.41) is 11.6. The molecule has 5 nitrogen and oxygen atoms in total. The van der Waals surface area contributed by atoms with Gasteiger partial charge in [0.25, 0.3) is 0 Å². The van der Waals surface area contributed by atoms with Crippen molar-refractivity contribution in [2.45, 2.75) is 20.0 Å². The van der Waals surface area contributed by atoms with Gasteiger partial charge in [-0.2, -0.15) is 0 Å². The Morgan fingerprint density at radius 1 is 1.35 bits per heavy atom. The molecule has 0 unspecified atom stereocenters. The number of aromatic nitrogens is 3. The van der Waals surface area contributed by atoms with E-state index in [-0.39, 0.29) is 12.4 Å². The Bertz CT molecular complexity index is 480. The molecule has 0 radical (unpaired) electrons. The first-order valence-corrected chi connectivity index (χ1v) is 5.34. The van der Waals surface area contributed by atoms with Crippen molar-refractivity contribution < 1.29 is 4.42 Å². The minimum Gasteiger partial charge on any atom is -0.448 e. The van der Waals surface area contributed by atoms with Crippen molar-refractivity contribution in [1.29, 1.82) is 0 Å². The third-order valence-electron chi connectivity index (χ3n) is 2.39. The van der Waals surface area contributed by atoms with Crippen LogP contribution in [-0.4, -0.2) is 14.8 Å². The van der Waals surface area contributed by atoms with E-state index in [1.54, 1.807) is 6.07 Å². The molecule has 2 aromatic heterocycles. The number of halogens is 2. The van der Waals surface area contributed by atoms with E-state index in [9.17, 15) is 0 Å². The minimum absolute atomic E-state index is 0. The number of hydrogen-bond acceptors (Lipinski definition) is 4. The van der Waals surface area contributed by atoms with Gasteiger partial charge in [0.2, 0.25) is 0 Å². The quantitative estimate of drug-likeness (QED) is 0.929. The Morgan fingerprint density at radius 2 is 2.12 bits per heavy atom. The van der Waals surface area contributed by atoms with Crippen LogP contribution in [0.3, 0.4) is 0 Å². The maximum atomic E-state index is 5.66. The summed E-state index contributed by atoms with van der Waals surface area (Å²) in [5.74, 6) is 2.61. The van der Waals surface area contributed by atoms with Gasteiger partial charge in [0, 0.05) is 7.05 Å². The molecule has 0 amide bonds. The number of nitrogens with one attached hydrogen (secondary N) is 1. The van der Waals surface area contributed by atoms with Gasteiger partial charge in [-0.05, 0) is 30.7 Å². The van der Waals surface area contributed by atoms with Gasteiger partial charge in [-0.15, -0.1) is 22.6 Å². The summed E-state index contributed by atoms with van der Waals surface area (Å²) < 4.78 is 7.16. The molecule has 0 fully saturated rings. The van der Waals surface area contributed by atoms with Crippen LogP contribution in [0.4, 0.5) is 0 Å². The molecule has 0 atom stereocenters. The van der Waals surface area contributed by atoms with Gasteiger partial charge in [-0.25, -0.2) is 0 Å². The highest BCUT2D eigenvalue weighted by Crippen LogP contribution is 2.12. The average molecular weight is 277 g/mol. The smallest absolute Gasteiger partial charge is 0.193 e. The van der Waals surface area contributed by atoms with Crippen molar-refractivity contribution in [2.75, 3.05) is 0 Å². The first-order valence-electron chi connectivity index (χ1n) is 4.96. The summed E-state index contributed by atoms with van der Waals surface area (Å²) in [4.78, 5) is 0. The second-order valence-corrected chi connectivity index (χ2v) is 3.90. The van der Waals surface area contributed by atoms with Crippen molar-refractivity contribution in [2.24, 2.45) is 7.05 Å². The summed E-state index contributed by atoms with van der Waals surface area (Å²) in [5.41, 5.74) is 0. The summed E-state index contributed by atoms with van der Waals surface area (Å²) >= 11 is 5.66. The zero-order chi connectivity index (χ0) is 11.5. The molecular formula is C10H14Cl2N4O. The number of rotatable bonds is 4. The molecule has 0 saturated carbocycles. The monoisotopic (exact) mass is 276 g/mol. The van der Waals surface area contributed by atoms with E-state index in [0.29, 0.717) is 18.3 Å². The maximum absolute atomic E-state index is 5.66. The molecule has 7 heteroatoms. The van der Waals surface area contributed by atoms with Crippen molar-refractivity contribution in [3.05, 3.63) is 34.8 Å². The lowest BCUT2D eigenvalue weighted by atomic mass is 10.4. The maximum Gasteiger partial charge on any atom is 0.193 e. The fraction of sp³-hybridized carbons (Fsp3) is 0.400. The largest absolute Gasteiger partial charge is 0.448 e. The van der Waals surface area contributed by atoms with E-state index in [4.69, 9.17) is 16.0 Å². The number of aryl methyl sites for hydroxylation is 1. The van der Waals surface area contributed by atoms with Crippen LogP contribution in [0.5, 0.6) is 0 Å². The molecule has 2 aromatic rings. The molecule has 0 spiro atoms. The highest BCUT2D eigenvalue weighted by Gasteiger charge is 2.04. The van der Waals surface area contributed by atoms with Crippen molar-refractivity contribution in [3.63, 3.8) is 0 Å². The molecule has 17 heavy (non-hydrogen) atoms. The average Bonchev–Trinajstić information content (AvgIpc) is 2.79. The second-order valence-electron chi connectivity index (χ2n) is 3.53. The Kier molecular flexibility index (Phi) is 4.99. The third kappa shape index (κ3) is 3.46. The normalized spacial score (nSPS) is 10.3. The van der Waals surface area contributed by atoms with E-state index in [1.807, 2.05) is 24.6 Å². The lowest BCUT2D eigenvalue weighted by Gasteiger charge is -2.02. The first-order chi connectivity index (χ1) is 7.66. The van der Waals surface area contributed by atoms with Crippen LogP contribution in [0.15, 0.2) is 16.5 Å². The SMILES string of the molecule is Cc1nnc(CNCc2ccc(Cl)o2)n1C.Cl. The molecule has 2 heterocycles. The number of hydrogen-bond donors (Lipinski definition) is 1. The number of nitrogens with zero attached hydrogens (tertiary/aromatic N) is 3. The zero-order valence-corrected chi connectivity index (χ0v) is 11.2. The molecular weight excluding hydrogens is 263 g/mol. The van der Waals surface area contributed by atoms with Gasteiger partial charge in [-0.1, -0.05) is 0 Å². The van der Waals surface area contributed by atoms with Crippen molar-refractivity contribution in [3.8, 4) is 0 Å². The molecule has 0 aliphatic rings. The lowest BCUT2D eigenvalue weighted by Crippen LogP contribution is -2.15. The molecule has 2 rings (SSSR count). The van der Waals surface area contributed by atoms with Gasteiger partial charge < -0.3 is 14.3 Å². The van der Waals surface area contributed by atoms with Crippen LogP contribution in [0, 0.1) is 6.92 Å². The molecule has 94 valence electrons. The molecule has 1 N–H and O–H groups in total. The van der Waals surface area contributed by atoms with Crippen molar-refractivity contribution in [1.82, 2.24) is 20.1 Å². The molecule has 0 bridgehead atoms. The first kappa shape index (κ1) is 14.0. The number of furan rings is 1. The Balaban J connectivity index is 0.00000144. The van der Waals surface area contributed by atoms with Gasteiger partial charge in [0.05, 0.1) is 13.1 Å².